The summed E-state index contributed by atoms with van der Waals surface area (Å²) in [6.45, 7) is 7.08. The Morgan fingerprint density at radius 1 is 1.21 bits per heavy atom. The summed E-state index contributed by atoms with van der Waals surface area (Å²) >= 11 is 1.57. The molecule has 7 heteroatoms. The third-order valence-corrected chi connectivity index (χ3v) is 4.57. The van der Waals surface area contributed by atoms with Gasteiger partial charge in [-0.2, -0.15) is 4.98 Å². The Bertz CT molecular complexity index is 811. The monoisotopic (exact) mass is 343 g/mol. The molecule has 6 nitrogen and oxygen atoms in total. The van der Waals surface area contributed by atoms with Gasteiger partial charge in [-0.1, -0.05) is 47.6 Å². The second-order valence-corrected chi connectivity index (χ2v) is 6.51. The highest BCUT2D eigenvalue weighted by Crippen LogP contribution is 2.26. The Morgan fingerprint density at radius 3 is 2.83 bits per heavy atom. The predicted octanol–water partition coefficient (Wildman–Crippen LogP) is 3.90. The topological polar surface area (TPSA) is 69.6 Å². The van der Waals surface area contributed by atoms with Crippen LogP contribution in [0.2, 0.25) is 0 Å². The normalized spacial score (nSPS) is 11.1. The molecule has 3 rings (SSSR count). The van der Waals surface area contributed by atoms with Crippen molar-refractivity contribution < 1.29 is 4.52 Å². The van der Waals surface area contributed by atoms with Gasteiger partial charge in [0.2, 0.25) is 5.89 Å². The zero-order valence-electron chi connectivity index (χ0n) is 14.2. The summed E-state index contributed by atoms with van der Waals surface area (Å²) < 4.78 is 7.39. The van der Waals surface area contributed by atoms with E-state index in [2.05, 4.69) is 63.9 Å². The van der Waals surface area contributed by atoms with Gasteiger partial charge in [-0.15, -0.1) is 10.2 Å². The van der Waals surface area contributed by atoms with E-state index in [0.29, 0.717) is 11.6 Å². The Kier molecular flexibility index (Phi) is 5.30. The number of hydrogen-bond donors (Lipinski definition) is 0. The third-order valence-electron chi connectivity index (χ3n) is 3.62. The maximum absolute atomic E-state index is 5.28. The van der Waals surface area contributed by atoms with Crippen LogP contribution >= 0.6 is 11.8 Å². The summed E-state index contributed by atoms with van der Waals surface area (Å²) in [5, 5.41) is 13.6. The SMILES string of the molecule is CCCc1noc(CSc2nnc(-c3cccc(C)c3)n2CC)n1. The van der Waals surface area contributed by atoms with Crippen molar-refractivity contribution in [2.45, 2.75) is 51.1 Å². The number of benzene rings is 1. The van der Waals surface area contributed by atoms with Gasteiger partial charge >= 0.3 is 0 Å². The summed E-state index contributed by atoms with van der Waals surface area (Å²) in [6, 6.07) is 8.31. The standard InChI is InChI=1S/C17H21N5OS/c1-4-7-14-18-15(23-21-14)11-24-17-20-19-16(22(17)5-2)13-9-6-8-12(3)10-13/h6,8-10H,4-5,7,11H2,1-3H3. The fourth-order valence-corrected chi connectivity index (χ4v) is 3.32. The fourth-order valence-electron chi connectivity index (χ4n) is 2.48. The molecule has 1 aromatic carbocycles. The number of aromatic nitrogens is 5. The Balaban J connectivity index is 1.76. The highest BCUT2D eigenvalue weighted by molar-refractivity contribution is 7.98. The third kappa shape index (κ3) is 3.67. The molecule has 0 aliphatic rings. The van der Waals surface area contributed by atoms with Gasteiger partial charge in [-0.3, -0.25) is 0 Å². The average molecular weight is 343 g/mol. The van der Waals surface area contributed by atoms with Crippen molar-refractivity contribution in [3.63, 3.8) is 0 Å². The van der Waals surface area contributed by atoms with Gasteiger partial charge in [0, 0.05) is 18.5 Å². The lowest BCUT2D eigenvalue weighted by molar-refractivity contribution is 0.384. The van der Waals surface area contributed by atoms with Gasteiger partial charge in [-0.25, -0.2) is 0 Å². The lowest BCUT2D eigenvalue weighted by Crippen LogP contribution is -2.00. The van der Waals surface area contributed by atoms with E-state index < -0.39 is 0 Å². The van der Waals surface area contributed by atoms with Crippen LogP contribution in [0.5, 0.6) is 0 Å². The van der Waals surface area contributed by atoms with Crippen LogP contribution in [0, 0.1) is 6.92 Å². The maximum atomic E-state index is 5.28. The second kappa shape index (κ2) is 7.61. The minimum absolute atomic E-state index is 0.600. The first-order valence-corrected chi connectivity index (χ1v) is 9.14. The zero-order valence-corrected chi connectivity index (χ0v) is 15.0. The summed E-state index contributed by atoms with van der Waals surface area (Å²) in [6.07, 6.45) is 1.85. The molecular weight excluding hydrogens is 322 g/mol. The molecule has 3 aromatic rings. The summed E-state index contributed by atoms with van der Waals surface area (Å²) in [5.41, 5.74) is 2.29. The number of aryl methyl sites for hydroxylation is 2. The Labute approximate surface area is 145 Å². The van der Waals surface area contributed by atoms with Crippen LogP contribution in [-0.4, -0.2) is 24.9 Å². The van der Waals surface area contributed by atoms with E-state index >= 15 is 0 Å². The minimum Gasteiger partial charge on any atom is -0.338 e. The van der Waals surface area contributed by atoms with E-state index in [1.807, 2.05) is 6.07 Å². The largest absolute Gasteiger partial charge is 0.338 e. The lowest BCUT2D eigenvalue weighted by atomic mass is 10.1. The highest BCUT2D eigenvalue weighted by atomic mass is 32.2. The molecule has 0 fully saturated rings. The quantitative estimate of drug-likeness (QED) is 0.606. The van der Waals surface area contributed by atoms with E-state index in [1.54, 1.807) is 11.8 Å². The molecule has 0 aliphatic heterocycles. The number of hydrogen-bond acceptors (Lipinski definition) is 6. The number of thioether (sulfide) groups is 1. The van der Waals surface area contributed by atoms with Gasteiger partial charge in [0.05, 0.1) is 5.75 Å². The van der Waals surface area contributed by atoms with Gasteiger partial charge in [0.1, 0.15) is 0 Å². The second-order valence-electron chi connectivity index (χ2n) is 5.56. The molecular formula is C17H21N5OS. The van der Waals surface area contributed by atoms with Crippen molar-refractivity contribution in [2.75, 3.05) is 0 Å². The van der Waals surface area contributed by atoms with Crippen molar-refractivity contribution in [2.24, 2.45) is 0 Å². The first-order valence-electron chi connectivity index (χ1n) is 8.15. The van der Waals surface area contributed by atoms with E-state index in [9.17, 15) is 0 Å². The van der Waals surface area contributed by atoms with E-state index in [0.717, 1.165) is 41.8 Å². The molecule has 0 unspecified atom stereocenters. The van der Waals surface area contributed by atoms with Gasteiger partial charge in [0.15, 0.2) is 16.8 Å². The van der Waals surface area contributed by atoms with Crippen molar-refractivity contribution in [1.29, 1.82) is 0 Å². The molecule has 0 atom stereocenters. The summed E-state index contributed by atoms with van der Waals surface area (Å²) in [4.78, 5) is 4.39. The molecule has 0 amide bonds. The molecule has 0 radical (unpaired) electrons. The van der Waals surface area contributed by atoms with Gasteiger partial charge < -0.3 is 9.09 Å². The van der Waals surface area contributed by atoms with Crippen LogP contribution in [0.1, 0.15) is 37.5 Å². The first kappa shape index (κ1) is 16.7. The van der Waals surface area contributed by atoms with Crippen molar-refractivity contribution >= 4 is 11.8 Å². The molecule has 2 heterocycles. The molecule has 0 N–H and O–H groups in total. The summed E-state index contributed by atoms with van der Waals surface area (Å²) in [7, 11) is 0. The first-order chi connectivity index (χ1) is 11.7. The maximum Gasteiger partial charge on any atom is 0.237 e. The van der Waals surface area contributed by atoms with Crippen LogP contribution < -0.4 is 0 Å². The highest BCUT2D eigenvalue weighted by Gasteiger charge is 2.15. The molecule has 0 saturated carbocycles. The number of rotatable bonds is 7. The molecule has 24 heavy (non-hydrogen) atoms. The van der Waals surface area contributed by atoms with Crippen LogP contribution in [-0.2, 0) is 18.7 Å². The van der Waals surface area contributed by atoms with Crippen LogP contribution in [0.4, 0.5) is 0 Å². The van der Waals surface area contributed by atoms with Gasteiger partial charge in [-0.05, 0) is 26.3 Å². The van der Waals surface area contributed by atoms with E-state index in [-0.39, 0.29) is 0 Å². The van der Waals surface area contributed by atoms with Crippen LogP contribution in [0.25, 0.3) is 11.4 Å². The predicted molar refractivity (Wildman–Crippen MR) is 93.7 cm³/mol. The van der Waals surface area contributed by atoms with Crippen molar-refractivity contribution in [1.82, 2.24) is 24.9 Å². The molecule has 0 spiro atoms. The number of nitrogens with zero attached hydrogens (tertiary/aromatic N) is 5. The fraction of sp³-hybridized carbons (Fsp3) is 0.412. The molecule has 126 valence electrons. The lowest BCUT2D eigenvalue weighted by Gasteiger charge is -2.07. The molecule has 0 saturated heterocycles. The Hall–Kier alpha value is -2.15. The molecule has 0 aliphatic carbocycles. The molecule has 2 aromatic heterocycles. The summed E-state index contributed by atoms with van der Waals surface area (Å²) in [5.74, 6) is 2.89. The van der Waals surface area contributed by atoms with E-state index in [1.165, 1.54) is 5.56 Å². The zero-order chi connectivity index (χ0) is 16.9. The Morgan fingerprint density at radius 2 is 2.08 bits per heavy atom. The van der Waals surface area contributed by atoms with Crippen LogP contribution in [0.15, 0.2) is 33.9 Å². The van der Waals surface area contributed by atoms with Crippen molar-refractivity contribution in [3.8, 4) is 11.4 Å². The minimum atomic E-state index is 0.600. The van der Waals surface area contributed by atoms with E-state index in [4.69, 9.17) is 4.52 Å². The van der Waals surface area contributed by atoms with Crippen LogP contribution in [0.3, 0.4) is 0 Å². The van der Waals surface area contributed by atoms with Gasteiger partial charge in [0.25, 0.3) is 0 Å². The smallest absolute Gasteiger partial charge is 0.237 e. The molecule has 0 bridgehead atoms. The average Bonchev–Trinajstić information content (AvgIpc) is 3.19. The van der Waals surface area contributed by atoms with Crippen molar-refractivity contribution in [3.05, 3.63) is 41.5 Å².